The summed E-state index contributed by atoms with van der Waals surface area (Å²) in [4.78, 5) is 50.2. The average Bonchev–Trinajstić information content (AvgIpc) is 2.84. The molecule has 0 bridgehead atoms. The number of carbonyl (C=O) groups excluding carboxylic acids is 4. The number of amides is 4. The number of nitrogens with one attached hydrogen (secondary N) is 2. The second-order valence-electron chi connectivity index (χ2n) is 8.20. The van der Waals surface area contributed by atoms with Crippen LogP contribution in [0, 0.1) is 0 Å². The van der Waals surface area contributed by atoms with Crippen LogP contribution in [0.5, 0.6) is 0 Å². The Morgan fingerprint density at radius 3 is 2.68 bits per heavy atom. The van der Waals surface area contributed by atoms with E-state index in [-0.39, 0.29) is 0 Å². The summed E-state index contributed by atoms with van der Waals surface area (Å²) in [5.41, 5.74) is 0.218. The van der Waals surface area contributed by atoms with Crippen LogP contribution < -0.4 is 10.6 Å². The molecule has 1 aromatic rings. The second kappa shape index (κ2) is 7.26. The zero-order valence-corrected chi connectivity index (χ0v) is 16.3. The molecule has 150 valence electrons. The van der Waals surface area contributed by atoms with Crippen molar-refractivity contribution in [3.8, 4) is 0 Å². The third-order valence-corrected chi connectivity index (χ3v) is 4.82. The highest BCUT2D eigenvalue weighted by molar-refractivity contribution is 6.09. The van der Waals surface area contributed by atoms with Crippen LogP contribution in [-0.4, -0.2) is 47.4 Å². The van der Waals surface area contributed by atoms with Gasteiger partial charge in [0.2, 0.25) is 0 Å². The third kappa shape index (κ3) is 3.85. The van der Waals surface area contributed by atoms with Crippen molar-refractivity contribution in [1.29, 1.82) is 0 Å². The van der Waals surface area contributed by atoms with Crippen molar-refractivity contribution in [3.63, 3.8) is 0 Å². The Kier molecular flexibility index (Phi) is 5.14. The fourth-order valence-electron chi connectivity index (χ4n) is 3.73. The quantitative estimate of drug-likeness (QED) is 0.597. The summed E-state index contributed by atoms with van der Waals surface area (Å²) in [7, 11) is 0. The molecule has 3 rings (SSSR count). The molecule has 28 heavy (non-hydrogen) atoms. The number of aryl methyl sites for hydroxylation is 1. The summed E-state index contributed by atoms with van der Waals surface area (Å²) in [5.74, 6) is -1.72. The molecule has 1 aromatic carbocycles. The number of esters is 1. The summed E-state index contributed by atoms with van der Waals surface area (Å²) in [6.45, 7) is 4.43. The molecule has 0 saturated carbocycles. The zero-order chi connectivity index (χ0) is 20.5. The van der Waals surface area contributed by atoms with Gasteiger partial charge in [0.25, 0.3) is 11.8 Å². The Morgan fingerprint density at radius 2 is 1.96 bits per heavy atom. The molecule has 0 aromatic heterocycles. The Hall–Kier alpha value is -2.90. The van der Waals surface area contributed by atoms with Crippen molar-refractivity contribution < 1.29 is 23.9 Å². The van der Waals surface area contributed by atoms with Crippen LogP contribution in [-0.2, 0) is 31.1 Å². The molecule has 1 heterocycles. The van der Waals surface area contributed by atoms with Crippen molar-refractivity contribution in [2.24, 2.45) is 0 Å². The van der Waals surface area contributed by atoms with E-state index < -0.39 is 48.0 Å². The molecule has 4 amide bonds. The maximum atomic E-state index is 13.1. The first-order valence-corrected chi connectivity index (χ1v) is 9.31. The lowest BCUT2D eigenvalue weighted by Crippen LogP contribution is -2.47. The first kappa shape index (κ1) is 19.9. The fourth-order valence-corrected chi connectivity index (χ4v) is 3.73. The molecule has 1 aliphatic carbocycles. The molecular weight excluding hydrogens is 362 g/mol. The van der Waals surface area contributed by atoms with Crippen LogP contribution in [0.4, 0.5) is 4.79 Å². The third-order valence-electron chi connectivity index (χ3n) is 4.82. The zero-order valence-electron chi connectivity index (χ0n) is 16.3. The number of imide groups is 1. The number of nitrogens with zero attached hydrogens (tertiary/aromatic N) is 1. The number of hydrogen-bond donors (Lipinski definition) is 2. The molecule has 0 unspecified atom stereocenters. The van der Waals surface area contributed by atoms with E-state index in [2.05, 4.69) is 10.6 Å². The molecule has 1 spiro atoms. The number of carbonyl (C=O) groups is 4. The van der Waals surface area contributed by atoms with Gasteiger partial charge in [-0.15, -0.1) is 0 Å². The van der Waals surface area contributed by atoms with Gasteiger partial charge in [0, 0.05) is 5.54 Å². The van der Waals surface area contributed by atoms with Crippen LogP contribution in [0.1, 0.15) is 44.7 Å². The van der Waals surface area contributed by atoms with Gasteiger partial charge in [-0.1, -0.05) is 24.3 Å². The number of urea groups is 1. The van der Waals surface area contributed by atoms with E-state index >= 15 is 0 Å². The van der Waals surface area contributed by atoms with Crippen LogP contribution in [0.25, 0.3) is 0 Å². The first-order valence-electron chi connectivity index (χ1n) is 9.31. The Balaban J connectivity index is 1.67. The summed E-state index contributed by atoms with van der Waals surface area (Å²) in [6, 6.07) is 6.89. The van der Waals surface area contributed by atoms with Crippen LogP contribution in [0.3, 0.4) is 0 Å². The maximum absolute atomic E-state index is 13.1. The normalized spacial score (nSPS) is 21.3. The van der Waals surface area contributed by atoms with Gasteiger partial charge in [-0.3, -0.25) is 19.3 Å². The van der Waals surface area contributed by atoms with E-state index in [1.54, 1.807) is 20.8 Å². The highest BCUT2D eigenvalue weighted by Crippen LogP contribution is 2.39. The Bertz CT molecular complexity index is 829. The molecule has 1 atom stereocenters. The predicted octanol–water partition coefficient (Wildman–Crippen LogP) is 1.23. The van der Waals surface area contributed by atoms with E-state index in [0.29, 0.717) is 6.42 Å². The van der Waals surface area contributed by atoms with Gasteiger partial charge in [0.1, 0.15) is 12.1 Å². The lowest BCUT2D eigenvalue weighted by atomic mass is 9.76. The van der Waals surface area contributed by atoms with Crippen LogP contribution in [0.15, 0.2) is 24.3 Å². The van der Waals surface area contributed by atoms with E-state index in [0.717, 1.165) is 28.9 Å². The topological polar surface area (TPSA) is 105 Å². The Morgan fingerprint density at radius 1 is 1.25 bits per heavy atom. The minimum absolute atomic E-state index is 0.448. The van der Waals surface area contributed by atoms with Crippen LogP contribution in [0.2, 0.25) is 0 Å². The van der Waals surface area contributed by atoms with Gasteiger partial charge in [-0.25, -0.2) is 4.79 Å². The SMILES string of the molecule is CC(C)(C)NC(=O)COC(=O)CN1C(=O)N[C@]2(CCCc3ccccc32)C1=O. The minimum Gasteiger partial charge on any atom is -0.454 e. The standard InChI is InChI=1S/C20H25N3O5/c1-19(2,3)21-15(24)12-28-16(25)11-23-17(26)20(22-18(23)27)10-6-8-13-7-4-5-9-14(13)20/h4-5,7,9H,6,8,10-12H2,1-3H3,(H,21,24)(H,22,27)/t20-/m0/s1. The molecule has 8 nitrogen and oxygen atoms in total. The van der Waals surface area contributed by atoms with Gasteiger partial charge in [0.15, 0.2) is 6.61 Å². The minimum atomic E-state index is -1.13. The molecule has 1 aliphatic heterocycles. The van der Waals surface area contributed by atoms with Gasteiger partial charge in [-0.2, -0.15) is 0 Å². The van der Waals surface area contributed by atoms with E-state index in [1.807, 2.05) is 24.3 Å². The average molecular weight is 387 g/mol. The summed E-state index contributed by atoms with van der Waals surface area (Å²) < 4.78 is 4.93. The van der Waals surface area contributed by atoms with Crippen molar-refractivity contribution in [1.82, 2.24) is 15.5 Å². The predicted molar refractivity (Wildman–Crippen MR) is 100 cm³/mol. The molecule has 8 heteroatoms. The van der Waals surface area contributed by atoms with E-state index in [4.69, 9.17) is 4.74 Å². The molecule has 0 radical (unpaired) electrons. The molecule has 2 aliphatic rings. The maximum Gasteiger partial charge on any atom is 0.326 e. The van der Waals surface area contributed by atoms with Gasteiger partial charge in [0.05, 0.1) is 0 Å². The monoisotopic (exact) mass is 387 g/mol. The highest BCUT2D eigenvalue weighted by atomic mass is 16.5. The smallest absolute Gasteiger partial charge is 0.326 e. The fraction of sp³-hybridized carbons (Fsp3) is 0.500. The van der Waals surface area contributed by atoms with Crippen LogP contribution >= 0.6 is 0 Å². The highest BCUT2D eigenvalue weighted by Gasteiger charge is 2.54. The number of fused-ring (bicyclic) bond motifs is 2. The lowest BCUT2D eigenvalue weighted by molar-refractivity contribution is -0.151. The van der Waals surface area contributed by atoms with Crippen molar-refractivity contribution in [3.05, 3.63) is 35.4 Å². The van der Waals surface area contributed by atoms with E-state index in [9.17, 15) is 19.2 Å². The van der Waals surface area contributed by atoms with Gasteiger partial charge >= 0.3 is 12.0 Å². The Labute approximate surface area is 163 Å². The summed E-state index contributed by atoms with van der Waals surface area (Å²) in [6.07, 6.45) is 2.08. The van der Waals surface area contributed by atoms with Crippen molar-refractivity contribution in [2.45, 2.75) is 51.1 Å². The molecule has 1 saturated heterocycles. The number of ether oxygens (including phenoxy) is 1. The largest absolute Gasteiger partial charge is 0.454 e. The second-order valence-corrected chi connectivity index (χ2v) is 8.20. The lowest BCUT2D eigenvalue weighted by Gasteiger charge is -2.33. The van der Waals surface area contributed by atoms with Gasteiger partial charge < -0.3 is 15.4 Å². The number of hydrogen-bond acceptors (Lipinski definition) is 5. The van der Waals surface area contributed by atoms with E-state index in [1.165, 1.54) is 0 Å². The number of rotatable bonds is 4. The first-order chi connectivity index (χ1) is 13.1. The van der Waals surface area contributed by atoms with Crippen molar-refractivity contribution >= 4 is 23.8 Å². The molecule has 1 fully saturated rings. The number of benzene rings is 1. The summed E-state index contributed by atoms with van der Waals surface area (Å²) in [5, 5.41) is 5.44. The van der Waals surface area contributed by atoms with Gasteiger partial charge in [-0.05, 0) is 51.2 Å². The summed E-state index contributed by atoms with van der Waals surface area (Å²) >= 11 is 0. The molecular formula is C20H25N3O5. The van der Waals surface area contributed by atoms with Crippen molar-refractivity contribution in [2.75, 3.05) is 13.2 Å². The molecule has 2 N–H and O–H groups in total.